The van der Waals surface area contributed by atoms with Crippen LogP contribution in [0, 0.1) is 5.82 Å². The molecule has 0 unspecified atom stereocenters. The maximum Gasteiger partial charge on any atom is 0.123 e. The molecule has 0 saturated carbocycles. The molecule has 3 rings (SSSR count). The third kappa shape index (κ3) is 4.91. The van der Waals surface area contributed by atoms with Gasteiger partial charge in [-0.2, -0.15) is 0 Å². The number of nitrogens with zero attached hydrogens (tertiary/aromatic N) is 1. The summed E-state index contributed by atoms with van der Waals surface area (Å²) < 4.78 is 23.8. The van der Waals surface area contributed by atoms with Gasteiger partial charge in [-0.15, -0.1) is 0 Å². The molecule has 25 heavy (non-hydrogen) atoms. The van der Waals surface area contributed by atoms with Gasteiger partial charge < -0.3 is 9.47 Å². The monoisotopic (exact) mass is 335 g/mol. The molecule has 0 heterocycles. The highest BCUT2D eigenvalue weighted by Gasteiger charge is 1.98. The molecule has 3 nitrogen and oxygen atoms in total. The van der Waals surface area contributed by atoms with E-state index in [-0.39, 0.29) is 5.82 Å². The van der Waals surface area contributed by atoms with Gasteiger partial charge in [-0.05, 0) is 71.8 Å². The van der Waals surface area contributed by atoms with E-state index >= 15 is 0 Å². The summed E-state index contributed by atoms with van der Waals surface area (Å²) in [6, 6.07) is 21.5. The minimum Gasteiger partial charge on any atom is -0.497 e. The van der Waals surface area contributed by atoms with E-state index in [9.17, 15) is 4.39 Å². The quantitative estimate of drug-likeness (QED) is 0.582. The molecular formula is C21H18FNO2. The van der Waals surface area contributed by atoms with E-state index in [1.807, 2.05) is 48.5 Å². The fraction of sp³-hybridized carbons (Fsp3) is 0.0952. The zero-order valence-corrected chi connectivity index (χ0v) is 13.9. The molecule has 0 amide bonds. The Morgan fingerprint density at radius 2 is 1.48 bits per heavy atom. The third-order valence-corrected chi connectivity index (χ3v) is 3.63. The summed E-state index contributed by atoms with van der Waals surface area (Å²) in [4.78, 5) is 4.31. The van der Waals surface area contributed by atoms with E-state index in [1.54, 1.807) is 25.5 Å². The summed E-state index contributed by atoms with van der Waals surface area (Å²) in [6.45, 7) is 0.493. The van der Waals surface area contributed by atoms with Crippen LogP contribution < -0.4 is 9.47 Å². The Kier molecular flexibility index (Phi) is 5.42. The maximum atomic E-state index is 12.9. The predicted octanol–water partition coefficient (Wildman–Crippen LogP) is 5.16. The number of rotatable bonds is 6. The molecule has 0 atom stereocenters. The summed E-state index contributed by atoms with van der Waals surface area (Å²) in [6.07, 6.45) is 1.74. The van der Waals surface area contributed by atoms with Crippen LogP contribution in [-0.4, -0.2) is 13.3 Å². The maximum absolute atomic E-state index is 12.9. The lowest BCUT2D eigenvalue weighted by molar-refractivity contribution is 0.306. The van der Waals surface area contributed by atoms with Gasteiger partial charge in [0.15, 0.2) is 0 Å². The Labute approximate surface area is 146 Å². The van der Waals surface area contributed by atoms with Crippen LogP contribution in [0.5, 0.6) is 11.5 Å². The van der Waals surface area contributed by atoms with E-state index in [0.29, 0.717) is 12.3 Å². The fourth-order valence-corrected chi connectivity index (χ4v) is 2.21. The second-order valence-electron chi connectivity index (χ2n) is 5.44. The van der Waals surface area contributed by atoms with Gasteiger partial charge in [0.2, 0.25) is 0 Å². The van der Waals surface area contributed by atoms with Crippen molar-refractivity contribution in [1.82, 2.24) is 0 Å². The average molecular weight is 335 g/mol. The predicted molar refractivity (Wildman–Crippen MR) is 97.4 cm³/mol. The van der Waals surface area contributed by atoms with Crippen LogP contribution in [0.1, 0.15) is 11.1 Å². The number of hydrogen-bond acceptors (Lipinski definition) is 3. The van der Waals surface area contributed by atoms with Crippen LogP contribution in [0.25, 0.3) is 0 Å². The molecule has 0 fully saturated rings. The second-order valence-corrected chi connectivity index (χ2v) is 5.44. The van der Waals surface area contributed by atoms with Crippen LogP contribution in [0.3, 0.4) is 0 Å². The highest BCUT2D eigenvalue weighted by molar-refractivity contribution is 5.82. The summed E-state index contributed by atoms with van der Waals surface area (Å²) in [5.74, 6) is 1.35. The molecule has 0 aromatic heterocycles. The number of ether oxygens (including phenoxy) is 2. The molecule has 0 saturated heterocycles. The molecular weight excluding hydrogens is 317 g/mol. The van der Waals surface area contributed by atoms with Crippen molar-refractivity contribution in [3.05, 3.63) is 89.7 Å². The molecule has 0 bridgehead atoms. The number of aliphatic imine (C=N–C) groups is 1. The number of hydrogen-bond donors (Lipinski definition) is 0. The summed E-state index contributed by atoms with van der Waals surface area (Å²) in [5.41, 5.74) is 2.73. The summed E-state index contributed by atoms with van der Waals surface area (Å²) in [7, 11) is 1.65. The molecule has 4 heteroatoms. The Hall–Kier alpha value is -3.14. The van der Waals surface area contributed by atoms with Crippen molar-refractivity contribution in [2.45, 2.75) is 6.61 Å². The van der Waals surface area contributed by atoms with Gasteiger partial charge in [-0.1, -0.05) is 12.1 Å². The first-order valence-corrected chi connectivity index (χ1v) is 7.88. The lowest BCUT2D eigenvalue weighted by Gasteiger charge is -2.07. The van der Waals surface area contributed by atoms with Gasteiger partial charge >= 0.3 is 0 Å². The van der Waals surface area contributed by atoms with Crippen LogP contribution in [-0.2, 0) is 6.61 Å². The van der Waals surface area contributed by atoms with E-state index in [4.69, 9.17) is 9.47 Å². The SMILES string of the molecule is COc1ccc(COc2ccc(C=Nc3ccc(F)cc3)cc2)cc1. The van der Waals surface area contributed by atoms with Gasteiger partial charge in [0.25, 0.3) is 0 Å². The lowest BCUT2D eigenvalue weighted by atomic mass is 10.2. The van der Waals surface area contributed by atoms with Gasteiger partial charge in [0.1, 0.15) is 23.9 Å². The standard InChI is InChI=1S/C21H18FNO2/c1-24-20-10-4-17(5-11-20)15-25-21-12-2-16(3-13-21)14-23-19-8-6-18(22)7-9-19/h2-14H,15H2,1H3. The van der Waals surface area contributed by atoms with Crippen molar-refractivity contribution in [3.8, 4) is 11.5 Å². The Balaban J connectivity index is 1.57. The first-order valence-electron chi connectivity index (χ1n) is 7.88. The van der Waals surface area contributed by atoms with E-state index in [1.165, 1.54) is 12.1 Å². The number of methoxy groups -OCH3 is 1. The molecule has 0 aliphatic rings. The highest BCUT2D eigenvalue weighted by atomic mass is 19.1. The van der Waals surface area contributed by atoms with Crippen LogP contribution in [0.2, 0.25) is 0 Å². The first kappa shape index (κ1) is 16.7. The van der Waals surface area contributed by atoms with Crippen molar-refractivity contribution in [2.75, 3.05) is 7.11 Å². The van der Waals surface area contributed by atoms with Gasteiger partial charge in [-0.3, -0.25) is 4.99 Å². The molecule has 3 aromatic carbocycles. The molecule has 0 aliphatic carbocycles. The lowest BCUT2D eigenvalue weighted by Crippen LogP contribution is -1.95. The molecule has 0 aliphatic heterocycles. The second kappa shape index (κ2) is 8.11. The molecule has 3 aromatic rings. The van der Waals surface area contributed by atoms with Crippen LogP contribution in [0.15, 0.2) is 77.8 Å². The van der Waals surface area contributed by atoms with Gasteiger partial charge in [0.05, 0.1) is 12.8 Å². The largest absolute Gasteiger partial charge is 0.497 e. The van der Waals surface area contributed by atoms with E-state index in [2.05, 4.69) is 4.99 Å². The zero-order chi connectivity index (χ0) is 17.5. The van der Waals surface area contributed by atoms with E-state index < -0.39 is 0 Å². The molecule has 0 spiro atoms. The highest BCUT2D eigenvalue weighted by Crippen LogP contribution is 2.17. The van der Waals surface area contributed by atoms with Crippen LogP contribution in [0.4, 0.5) is 10.1 Å². The fourth-order valence-electron chi connectivity index (χ4n) is 2.21. The topological polar surface area (TPSA) is 30.8 Å². The Bertz CT molecular complexity index is 825. The van der Waals surface area contributed by atoms with Crippen molar-refractivity contribution < 1.29 is 13.9 Å². The number of halogens is 1. The van der Waals surface area contributed by atoms with E-state index in [0.717, 1.165) is 22.6 Å². The Morgan fingerprint density at radius 3 is 2.12 bits per heavy atom. The van der Waals surface area contributed by atoms with Gasteiger partial charge in [0, 0.05) is 6.21 Å². The van der Waals surface area contributed by atoms with Crippen molar-refractivity contribution in [1.29, 1.82) is 0 Å². The third-order valence-electron chi connectivity index (χ3n) is 3.63. The normalized spacial score (nSPS) is 10.8. The average Bonchev–Trinajstić information content (AvgIpc) is 2.67. The minimum atomic E-state index is -0.266. The minimum absolute atomic E-state index is 0.266. The van der Waals surface area contributed by atoms with Crippen molar-refractivity contribution in [3.63, 3.8) is 0 Å². The molecule has 126 valence electrons. The van der Waals surface area contributed by atoms with Gasteiger partial charge in [-0.25, -0.2) is 4.39 Å². The molecule has 0 N–H and O–H groups in total. The smallest absolute Gasteiger partial charge is 0.123 e. The Morgan fingerprint density at radius 1 is 0.840 bits per heavy atom. The summed E-state index contributed by atoms with van der Waals surface area (Å²) >= 11 is 0. The summed E-state index contributed by atoms with van der Waals surface area (Å²) in [5, 5.41) is 0. The van der Waals surface area contributed by atoms with Crippen molar-refractivity contribution >= 4 is 11.9 Å². The first-order chi connectivity index (χ1) is 12.2. The number of benzene rings is 3. The van der Waals surface area contributed by atoms with Crippen molar-refractivity contribution in [2.24, 2.45) is 4.99 Å². The molecule has 0 radical (unpaired) electrons. The zero-order valence-electron chi connectivity index (χ0n) is 13.9. The van der Waals surface area contributed by atoms with Crippen LogP contribution >= 0.6 is 0 Å².